The number of benzene rings is 1. The fourth-order valence-corrected chi connectivity index (χ4v) is 4.89. The fourth-order valence-electron chi connectivity index (χ4n) is 4.89. The van der Waals surface area contributed by atoms with Gasteiger partial charge in [0.15, 0.2) is 0 Å². The van der Waals surface area contributed by atoms with Crippen LogP contribution in [0.4, 0.5) is 10.5 Å². The minimum Gasteiger partial charge on any atom is -0.392 e. The van der Waals surface area contributed by atoms with Gasteiger partial charge in [0.25, 0.3) is 11.8 Å². The van der Waals surface area contributed by atoms with Gasteiger partial charge in [-0.05, 0) is 36.5 Å². The summed E-state index contributed by atoms with van der Waals surface area (Å²) in [4.78, 5) is 86.0. The molecule has 1 heterocycles. The highest BCUT2D eigenvalue weighted by Crippen LogP contribution is 2.12. The predicted molar refractivity (Wildman–Crippen MR) is 198 cm³/mol. The molecule has 0 radical (unpaired) electrons. The van der Waals surface area contributed by atoms with E-state index in [-0.39, 0.29) is 83.8 Å². The summed E-state index contributed by atoms with van der Waals surface area (Å²) in [5.74, 6) is -2.89. The number of amides is 8. The number of carbonyl (C=O) groups excluding carboxylic acids is 7. The molecule has 0 bridgehead atoms. The lowest BCUT2D eigenvalue weighted by molar-refractivity contribution is -0.137. The number of carbonyl (C=O) groups is 7. The number of hydrogen-bond donors (Lipinski definition) is 7. The zero-order valence-corrected chi connectivity index (χ0v) is 31.5. The van der Waals surface area contributed by atoms with Gasteiger partial charge in [0, 0.05) is 50.3 Å². The average molecular weight is 778 g/mol. The molecule has 306 valence electrons. The number of nitrogens with two attached hydrogens (primary N) is 1. The molecule has 0 saturated heterocycles. The molecule has 1 aliphatic rings. The van der Waals surface area contributed by atoms with E-state index < -0.39 is 47.7 Å². The number of rotatable bonds is 29. The Kier molecular flexibility index (Phi) is 22.5. The lowest BCUT2D eigenvalue weighted by Gasteiger charge is -2.25. The molecule has 0 aliphatic carbocycles. The van der Waals surface area contributed by atoms with Gasteiger partial charge in [0.1, 0.15) is 12.1 Å². The molecule has 1 unspecified atom stereocenters. The van der Waals surface area contributed by atoms with E-state index in [0.29, 0.717) is 44.1 Å². The number of imide groups is 1. The van der Waals surface area contributed by atoms with E-state index in [4.69, 9.17) is 24.7 Å². The van der Waals surface area contributed by atoms with Crippen LogP contribution in [0.25, 0.3) is 0 Å². The minimum atomic E-state index is -0.981. The third-order valence-corrected chi connectivity index (χ3v) is 7.89. The maximum Gasteiger partial charge on any atom is 0.312 e. The summed E-state index contributed by atoms with van der Waals surface area (Å²) in [5, 5.41) is 22.5. The van der Waals surface area contributed by atoms with E-state index in [2.05, 4.69) is 26.6 Å². The first-order valence-electron chi connectivity index (χ1n) is 18.2. The highest BCUT2D eigenvalue weighted by molar-refractivity contribution is 6.13. The first kappa shape index (κ1) is 46.2. The monoisotopic (exact) mass is 777 g/mol. The van der Waals surface area contributed by atoms with E-state index in [1.807, 2.05) is 0 Å². The van der Waals surface area contributed by atoms with Gasteiger partial charge in [-0.2, -0.15) is 0 Å². The molecule has 0 spiro atoms. The van der Waals surface area contributed by atoms with Crippen LogP contribution in [0, 0.1) is 5.92 Å². The van der Waals surface area contributed by atoms with E-state index in [1.54, 1.807) is 38.1 Å². The predicted octanol–water partition coefficient (Wildman–Crippen LogP) is -0.921. The van der Waals surface area contributed by atoms with Crippen LogP contribution in [0.15, 0.2) is 36.4 Å². The third-order valence-electron chi connectivity index (χ3n) is 7.89. The molecular formula is C36H55N7O12. The summed E-state index contributed by atoms with van der Waals surface area (Å²) in [5.41, 5.74) is 6.25. The smallest absolute Gasteiger partial charge is 0.312 e. The first-order chi connectivity index (χ1) is 26.4. The van der Waals surface area contributed by atoms with Gasteiger partial charge in [-0.15, -0.1) is 0 Å². The number of nitrogens with one attached hydrogen (secondary N) is 5. The van der Waals surface area contributed by atoms with Crippen LogP contribution in [0.3, 0.4) is 0 Å². The molecule has 8 N–H and O–H groups in total. The van der Waals surface area contributed by atoms with Crippen molar-refractivity contribution < 1.29 is 57.6 Å². The molecule has 1 aliphatic heterocycles. The number of anilines is 1. The Hall–Kier alpha value is -4.95. The number of primary amides is 1. The molecule has 19 heteroatoms. The van der Waals surface area contributed by atoms with Gasteiger partial charge in [-0.25, -0.2) is 4.79 Å². The molecular weight excluding hydrogens is 722 g/mol. The Morgan fingerprint density at radius 2 is 1.31 bits per heavy atom. The first-order valence-corrected chi connectivity index (χ1v) is 18.2. The highest BCUT2D eigenvalue weighted by atomic mass is 16.6. The number of nitrogens with zero attached hydrogens (tertiary/aromatic N) is 1. The minimum absolute atomic E-state index is 0.00579. The van der Waals surface area contributed by atoms with Gasteiger partial charge < -0.3 is 56.4 Å². The summed E-state index contributed by atoms with van der Waals surface area (Å²) in [6, 6.07) is 3.95. The van der Waals surface area contributed by atoms with Crippen molar-refractivity contribution in [3.05, 3.63) is 42.0 Å². The highest BCUT2D eigenvalue weighted by Gasteiger charge is 2.29. The lowest BCUT2D eigenvalue weighted by atomic mass is 10.0. The molecule has 2 rings (SSSR count). The normalized spacial score (nSPS) is 13.4. The molecule has 2 atom stereocenters. The van der Waals surface area contributed by atoms with Crippen LogP contribution >= 0.6 is 0 Å². The summed E-state index contributed by atoms with van der Waals surface area (Å²) in [6.07, 6.45) is 2.87. The van der Waals surface area contributed by atoms with Crippen molar-refractivity contribution in [1.29, 1.82) is 0 Å². The number of urea groups is 1. The summed E-state index contributed by atoms with van der Waals surface area (Å²) in [6.45, 7) is 6.05. The Balaban J connectivity index is 1.56. The zero-order valence-electron chi connectivity index (χ0n) is 31.5. The quantitative estimate of drug-likeness (QED) is 0.0385. The maximum absolute atomic E-state index is 13.3. The van der Waals surface area contributed by atoms with E-state index in [0.717, 1.165) is 4.90 Å². The molecule has 0 saturated carbocycles. The van der Waals surface area contributed by atoms with E-state index in [1.165, 1.54) is 12.2 Å². The second-order valence-corrected chi connectivity index (χ2v) is 12.6. The van der Waals surface area contributed by atoms with Gasteiger partial charge in [-0.3, -0.25) is 33.7 Å². The van der Waals surface area contributed by atoms with Gasteiger partial charge in [-0.1, -0.05) is 26.0 Å². The average Bonchev–Trinajstić information content (AvgIpc) is 3.48. The molecule has 19 nitrogen and oxygen atoms in total. The topological polar surface area (TPSA) is 266 Å². The second-order valence-electron chi connectivity index (χ2n) is 12.6. The van der Waals surface area contributed by atoms with Crippen molar-refractivity contribution >= 4 is 47.2 Å². The van der Waals surface area contributed by atoms with Crippen molar-refractivity contribution in [3.8, 4) is 0 Å². The van der Waals surface area contributed by atoms with Crippen molar-refractivity contribution in [2.24, 2.45) is 11.7 Å². The Morgan fingerprint density at radius 3 is 1.87 bits per heavy atom. The Morgan fingerprint density at radius 1 is 0.727 bits per heavy atom. The van der Waals surface area contributed by atoms with Crippen LogP contribution in [0.5, 0.6) is 0 Å². The van der Waals surface area contributed by atoms with Gasteiger partial charge in [0.05, 0.1) is 59.5 Å². The third kappa shape index (κ3) is 19.8. The Bertz CT molecular complexity index is 1410. The summed E-state index contributed by atoms with van der Waals surface area (Å²) >= 11 is 0. The van der Waals surface area contributed by atoms with Gasteiger partial charge >= 0.3 is 6.03 Å². The number of ether oxygens (including phenoxy) is 4. The van der Waals surface area contributed by atoms with Crippen LogP contribution in [0.1, 0.15) is 45.1 Å². The van der Waals surface area contributed by atoms with Crippen molar-refractivity contribution in [1.82, 2.24) is 26.2 Å². The van der Waals surface area contributed by atoms with Crippen LogP contribution in [-0.2, 0) is 54.3 Å². The van der Waals surface area contributed by atoms with Crippen molar-refractivity contribution in [3.63, 3.8) is 0 Å². The van der Waals surface area contributed by atoms with Crippen LogP contribution in [-0.4, -0.2) is 136 Å². The lowest BCUT2D eigenvalue weighted by Crippen LogP contribution is -2.54. The van der Waals surface area contributed by atoms with Crippen LogP contribution in [0.2, 0.25) is 0 Å². The summed E-state index contributed by atoms with van der Waals surface area (Å²) < 4.78 is 21.8. The number of hydrogen-bond acceptors (Lipinski definition) is 12. The zero-order chi connectivity index (χ0) is 40.4. The SMILES string of the molecule is CC(C)C(NC(=O)CCOCCOCCOCCOCCNC(=O)CCN1C(=O)C=CC1=O)C(=O)N[C@@H](CCCNC(N)=O)C(=O)Nc1ccc(CO)cc1. The Labute approximate surface area is 320 Å². The fraction of sp³-hybridized carbons (Fsp3) is 0.583. The van der Waals surface area contributed by atoms with Crippen molar-refractivity contribution in [2.75, 3.05) is 77.8 Å². The van der Waals surface area contributed by atoms with E-state index in [9.17, 15) is 38.7 Å². The summed E-state index contributed by atoms with van der Waals surface area (Å²) in [7, 11) is 0. The molecule has 0 aromatic heterocycles. The molecule has 1 aromatic rings. The second kappa shape index (κ2) is 26.8. The largest absolute Gasteiger partial charge is 0.392 e. The maximum atomic E-state index is 13.3. The standard InChI is InChI=1S/C36H55N7O12/c1-25(2)33(35(50)41-28(4-3-13-39-36(37)51)34(49)40-27-7-5-26(24-44)6-8-27)42-30(46)12-16-52-18-20-54-22-23-55-21-19-53-17-14-38-29(45)11-15-43-31(47)9-10-32(43)48/h5-10,25,28,33,44H,3-4,11-24H2,1-2H3,(H,38,45)(H,40,49)(H,41,50)(H,42,46)(H3,37,39,51)/t28-,33?/m0/s1. The van der Waals surface area contributed by atoms with Crippen LogP contribution < -0.4 is 32.3 Å². The number of aliphatic hydroxyl groups excluding tert-OH is 1. The van der Waals surface area contributed by atoms with E-state index >= 15 is 0 Å². The van der Waals surface area contributed by atoms with Crippen molar-refractivity contribution in [2.45, 2.75) is 58.2 Å². The molecule has 0 fully saturated rings. The molecule has 8 amide bonds. The molecule has 55 heavy (non-hydrogen) atoms. The van der Waals surface area contributed by atoms with Gasteiger partial charge in [0.2, 0.25) is 23.6 Å². The number of aliphatic hydroxyl groups is 1. The molecule has 1 aromatic carbocycles.